The van der Waals surface area contributed by atoms with Crippen LogP contribution in [0.2, 0.25) is 0 Å². The van der Waals surface area contributed by atoms with Crippen LogP contribution in [0.25, 0.3) is 0 Å². The molecule has 0 aromatic heterocycles. The number of carbonyl (C=O) groups is 1. The molecule has 0 aliphatic heterocycles. The number of nitrogens with one attached hydrogen (secondary N) is 1. The summed E-state index contributed by atoms with van der Waals surface area (Å²) in [5.74, 6) is 0.589. The summed E-state index contributed by atoms with van der Waals surface area (Å²) in [6, 6.07) is 14.4. The van der Waals surface area contributed by atoms with Crippen LogP contribution in [0.3, 0.4) is 0 Å². The van der Waals surface area contributed by atoms with Crippen LogP contribution in [0.1, 0.15) is 5.56 Å². The SMILES string of the molecule is COc1cccc(NC(=O)C(C#N)Cc2ccc(OC)c(OC)c2)c1. The second-order valence-corrected chi connectivity index (χ2v) is 5.30. The fourth-order valence-electron chi connectivity index (χ4n) is 2.37. The Hall–Kier alpha value is -3.20. The monoisotopic (exact) mass is 340 g/mol. The molecule has 0 aliphatic rings. The Labute approximate surface area is 146 Å². The lowest BCUT2D eigenvalue weighted by molar-refractivity contribution is -0.118. The van der Waals surface area contributed by atoms with Gasteiger partial charge in [-0.15, -0.1) is 0 Å². The predicted molar refractivity (Wildman–Crippen MR) is 94.0 cm³/mol. The van der Waals surface area contributed by atoms with Crippen molar-refractivity contribution >= 4 is 11.6 Å². The van der Waals surface area contributed by atoms with Gasteiger partial charge in [0.2, 0.25) is 5.91 Å². The van der Waals surface area contributed by atoms with E-state index < -0.39 is 5.92 Å². The van der Waals surface area contributed by atoms with Crippen LogP contribution >= 0.6 is 0 Å². The summed E-state index contributed by atoms with van der Waals surface area (Å²) in [6.45, 7) is 0. The molecule has 6 nitrogen and oxygen atoms in total. The summed E-state index contributed by atoms with van der Waals surface area (Å²) < 4.78 is 15.6. The van der Waals surface area contributed by atoms with E-state index in [4.69, 9.17) is 14.2 Å². The van der Waals surface area contributed by atoms with E-state index in [1.807, 2.05) is 12.1 Å². The van der Waals surface area contributed by atoms with Crippen LogP contribution in [0, 0.1) is 17.2 Å². The number of anilines is 1. The van der Waals surface area contributed by atoms with E-state index in [9.17, 15) is 10.1 Å². The Morgan fingerprint density at radius 2 is 1.84 bits per heavy atom. The van der Waals surface area contributed by atoms with Gasteiger partial charge in [0.25, 0.3) is 0 Å². The Kier molecular flexibility index (Phi) is 6.24. The summed E-state index contributed by atoms with van der Waals surface area (Å²) >= 11 is 0. The van der Waals surface area contributed by atoms with Gasteiger partial charge in [-0.1, -0.05) is 12.1 Å². The molecular weight excluding hydrogens is 320 g/mol. The zero-order chi connectivity index (χ0) is 18.2. The second kappa shape index (κ2) is 8.60. The molecule has 0 spiro atoms. The quantitative estimate of drug-likeness (QED) is 0.838. The van der Waals surface area contributed by atoms with E-state index in [2.05, 4.69) is 5.32 Å². The highest BCUT2D eigenvalue weighted by Crippen LogP contribution is 2.28. The van der Waals surface area contributed by atoms with Crippen molar-refractivity contribution < 1.29 is 19.0 Å². The minimum absolute atomic E-state index is 0.270. The standard InChI is InChI=1S/C19H20N2O4/c1-23-16-6-4-5-15(11-16)21-19(22)14(12-20)9-13-7-8-17(24-2)18(10-13)25-3/h4-8,10-11,14H,9H2,1-3H3,(H,21,22). The number of methoxy groups -OCH3 is 3. The van der Waals surface area contributed by atoms with Crippen molar-refractivity contribution in [3.63, 3.8) is 0 Å². The van der Waals surface area contributed by atoms with E-state index in [0.29, 0.717) is 22.9 Å². The molecule has 0 bridgehead atoms. The lowest BCUT2D eigenvalue weighted by atomic mass is 9.99. The van der Waals surface area contributed by atoms with E-state index in [1.165, 1.54) is 0 Å². The van der Waals surface area contributed by atoms with Gasteiger partial charge in [0.15, 0.2) is 11.5 Å². The first-order chi connectivity index (χ1) is 12.1. The fourth-order valence-corrected chi connectivity index (χ4v) is 2.37. The number of carbonyl (C=O) groups excluding carboxylic acids is 1. The van der Waals surface area contributed by atoms with Crippen LogP contribution in [0.4, 0.5) is 5.69 Å². The average molecular weight is 340 g/mol. The summed E-state index contributed by atoms with van der Waals surface area (Å²) in [4.78, 5) is 12.4. The number of hydrogen-bond donors (Lipinski definition) is 1. The molecule has 0 heterocycles. The molecule has 6 heteroatoms. The molecule has 2 rings (SSSR count). The molecule has 0 radical (unpaired) electrons. The summed E-state index contributed by atoms with van der Waals surface area (Å²) in [7, 11) is 4.65. The van der Waals surface area contributed by atoms with Crippen molar-refractivity contribution in [1.29, 1.82) is 5.26 Å². The summed E-state index contributed by atoms with van der Waals surface area (Å²) in [6.07, 6.45) is 0.270. The first-order valence-electron chi connectivity index (χ1n) is 7.66. The van der Waals surface area contributed by atoms with Gasteiger partial charge >= 0.3 is 0 Å². The molecule has 0 saturated heterocycles. The maximum atomic E-state index is 12.4. The van der Waals surface area contributed by atoms with Gasteiger partial charge in [-0.3, -0.25) is 4.79 Å². The van der Waals surface area contributed by atoms with Crippen LogP contribution in [0.5, 0.6) is 17.2 Å². The highest BCUT2D eigenvalue weighted by atomic mass is 16.5. The predicted octanol–water partition coefficient (Wildman–Crippen LogP) is 3.03. The topological polar surface area (TPSA) is 80.6 Å². The highest BCUT2D eigenvalue weighted by molar-refractivity contribution is 5.94. The van der Waals surface area contributed by atoms with Gasteiger partial charge in [-0.25, -0.2) is 0 Å². The Bertz CT molecular complexity index is 783. The number of benzene rings is 2. The molecule has 130 valence electrons. The van der Waals surface area contributed by atoms with E-state index in [1.54, 1.807) is 57.7 Å². The van der Waals surface area contributed by atoms with Crippen molar-refractivity contribution in [2.75, 3.05) is 26.6 Å². The first kappa shape index (κ1) is 18.1. The smallest absolute Gasteiger partial charge is 0.242 e. The van der Waals surface area contributed by atoms with Gasteiger partial charge in [0, 0.05) is 11.8 Å². The minimum Gasteiger partial charge on any atom is -0.497 e. The lowest BCUT2D eigenvalue weighted by Gasteiger charge is -2.13. The van der Waals surface area contributed by atoms with Crippen LogP contribution < -0.4 is 19.5 Å². The highest BCUT2D eigenvalue weighted by Gasteiger charge is 2.19. The first-order valence-corrected chi connectivity index (χ1v) is 7.66. The van der Waals surface area contributed by atoms with Crippen molar-refractivity contribution in [3.05, 3.63) is 48.0 Å². The van der Waals surface area contributed by atoms with Crippen molar-refractivity contribution in [1.82, 2.24) is 0 Å². The van der Waals surface area contributed by atoms with Gasteiger partial charge in [-0.2, -0.15) is 5.26 Å². The van der Waals surface area contributed by atoms with Gasteiger partial charge < -0.3 is 19.5 Å². The van der Waals surface area contributed by atoms with Crippen molar-refractivity contribution in [3.8, 4) is 23.3 Å². The molecule has 0 saturated carbocycles. The molecule has 1 atom stereocenters. The Morgan fingerprint density at radius 3 is 2.48 bits per heavy atom. The van der Waals surface area contributed by atoms with Gasteiger partial charge in [0.05, 0.1) is 27.4 Å². The maximum Gasteiger partial charge on any atom is 0.242 e. The minimum atomic E-state index is -0.829. The van der Waals surface area contributed by atoms with E-state index >= 15 is 0 Å². The van der Waals surface area contributed by atoms with Crippen LogP contribution in [-0.2, 0) is 11.2 Å². The number of nitrogens with zero attached hydrogens (tertiary/aromatic N) is 1. The maximum absolute atomic E-state index is 12.4. The zero-order valence-electron chi connectivity index (χ0n) is 14.4. The van der Waals surface area contributed by atoms with E-state index in [-0.39, 0.29) is 12.3 Å². The van der Waals surface area contributed by atoms with Crippen molar-refractivity contribution in [2.24, 2.45) is 5.92 Å². The lowest BCUT2D eigenvalue weighted by Crippen LogP contribution is -2.23. The molecule has 1 unspecified atom stereocenters. The molecule has 1 N–H and O–H groups in total. The largest absolute Gasteiger partial charge is 0.497 e. The second-order valence-electron chi connectivity index (χ2n) is 5.30. The number of amides is 1. The molecular formula is C19H20N2O4. The Morgan fingerprint density at radius 1 is 1.08 bits per heavy atom. The summed E-state index contributed by atoms with van der Waals surface area (Å²) in [5, 5.41) is 12.1. The van der Waals surface area contributed by atoms with Crippen LogP contribution in [-0.4, -0.2) is 27.2 Å². The molecule has 1 amide bonds. The van der Waals surface area contributed by atoms with E-state index in [0.717, 1.165) is 5.56 Å². The van der Waals surface area contributed by atoms with Crippen molar-refractivity contribution in [2.45, 2.75) is 6.42 Å². The Balaban J connectivity index is 2.11. The molecule has 2 aromatic carbocycles. The molecule has 0 aliphatic carbocycles. The third kappa shape index (κ3) is 4.64. The number of ether oxygens (including phenoxy) is 3. The number of nitriles is 1. The average Bonchev–Trinajstić information content (AvgIpc) is 2.65. The zero-order valence-corrected chi connectivity index (χ0v) is 14.4. The third-order valence-electron chi connectivity index (χ3n) is 3.70. The van der Waals surface area contributed by atoms with Crippen LogP contribution in [0.15, 0.2) is 42.5 Å². The fraction of sp³-hybridized carbons (Fsp3) is 0.263. The third-order valence-corrected chi connectivity index (χ3v) is 3.70. The van der Waals surface area contributed by atoms with Gasteiger partial charge in [-0.05, 0) is 36.2 Å². The number of rotatable bonds is 7. The number of hydrogen-bond acceptors (Lipinski definition) is 5. The molecule has 25 heavy (non-hydrogen) atoms. The molecule has 2 aromatic rings. The normalized spacial score (nSPS) is 11.1. The summed E-state index contributed by atoms with van der Waals surface area (Å²) in [5.41, 5.74) is 1.39. The molecule has 0 fully saturated rings. The van der Waals surface area contributed by atoms with Gasteiger partial charge in [0.1, 0.15) is 11.7 Å².